The summed E-state index contributed by atoms with van der Waals surface area (Å²) in [4.78, 5) is 0. The van der Waals surface area contributed by atoms with E-state index in [0.717, 1.165) is 6.42 Å². The van der Waals surface area contributed by atoms with Crippen molar-refractivity contribution in [2.75, 3.05) is 0 Å². The van der Waals surface area contributed by atoms with Crippen LogP contribution in [-0.2, 0) is 6.42 Å². The van der Waals surface area contributed by atoms with E-state index in [2.05, 4.69) is 55.6 Å². The highest BCUT2D eigenvalue weighted by molar-refractivity contribution is 5.52. The summed E-state index contributed by atoms with van der Waals surface area (Å²) in [6.07, 6.45) is 4.91. The van der Waals surface area contributed by atoms with Crippen LogP contribution in [0.4, 0.5) is 0 Å². The minimum Gasteiger partial charge on any atom is -0.102 e. The van der Waals surface area contributed by atoms with E-state index in [-0.39, 0.29) is 0 Å². The molecule has 0 heterocycles. The van der Waals surface area contributed by atoms with Crippen LogP contribution in [0.2, 0.25) is 0 Å². The Morgan fingerprint density at radius 2 is 1.56 bits per heavy atom. The lowest BCUT2D eigenvalue weighted by atomic mass is 9.90. The average Bonchev–Trinajstić information content (AvgIpc) is 2.46. The summed E-state index contributed by atoms with van der Waals surface area (Å²) in [7, 11) is 0. The zero-order valence-electron chi connectivity index (χ0n) is 10.5. The molecule has 0 aliphatic carbocycles. The molecule has 2 aromatic rings. The summed E-state index contributed by atoms with van der Waals surface area (Å²) in [6, 6.07) is 18.9. The van der Waals surface area contributed by atoms with Crippen molar-refractivity contribution in [2.24, 2.45) is 0 Å². The highest BCUT2D eigenvalue weighted by Crippen LogP contribution is 2.24. The first-order valence-corrected chi connectivity index (χ1v) is 6.23. The molecule has 0 saturated carbocycles. The molecule has 0 nitrogen and oxygen atoms in total. The van der Waals surface area contributed by atoms with Crippen molar-refractivity contribution in [3.8, 4) is 0 Å². The predicted molar refractivity (Wildman–Crippen MR) is 79.6 cm³/mol. The Kier molecular flexibility index (Phi) is 4.14. The Labute approximate surface area is 109 Å². The van der Waals surface area contributed by atoms with Crippen molar-refractivity contribution in [3.63, 3.8) is 0 Å². The first-order chi connectivity index (χ1) is 8.85. The molecular weight excluding hydrogens is 216 g/mol. The van der Waals surface area contributed by atoms with Gasteiger partial charge in [0.05, 0.1) is 0 Å². The minimum absolute atomic E-state index is 0.354. The number of benzene rings is 2. The molecule has 18 heavy (non-hydrogen) atoms. The fourth-order valence-corrected chi connectivity index (χ4v) is 2.19. The second kappa shape index (κ2) is 6.02. The van der Waals surface area contributed by atoms with Gasteiger partial charge in [-0.15, -0.1) is 6.58 Å². The maximum Gasteiger partial charge on any atom is 0.00559 e. The van der Waals surface area contributed by atoms with Gasteiger partial charge in [-0.3, -0.25) is 0 Å². The van der Waals surface area contributed by atoms with Crippen LogP contribution in [0.1, 0.15) is 22.6 Å². The average molecular weight is 234 g/mol. The van der Waals surface area contributed by atoms with Crippen molar-refractivity contribution < 1.29 is 0 Å². The molecule has 0 N–H and O–H groups in total. The van der Waals surface area contributed by atoms with Crippen molar-refractivity contribution >= 4 is 6.08 Å². The molecule has 2 rings (SSSR count). The van der Waals surface area contributed by atoms with Crippen LogP contribution in [-0.4, -0.2) is 0 Å². The SMILES string of the molecule is C=Cc1ccccc1CC(C=C)c1ccccc1. The lowest BCUT2D eigenvalue weighted by molar-refractivity contribution is 0.836. The van der Waals surface area contributed by atoms with Crippen LogP contribution in [0.25, 0.3) is 6.08 Å². The van der Waals surface area contributed by atoms with Gasteiger partial charge in [0.15, 0.2) is 0 Å². The molecule has 0 aliphatic rings. The van der Waals surface area contributed by atoms with Gasteiger partial charge in [-0.05, 0) is 23.1 Å². The van der Waals surface area contributed by atoms with E-state index >= 15 is 0 Å². The predicted octanol–water partition coefficient (Wildman–Crippen LogP) is 4.84. The Hall–Kier alpha value is -2.08. The van der Waals surface area contributed by atoms with E-state index in [1.165, 1.54) is 16.7 Å². The van der Waals surface area contributed by atoms with E-state index in [1.54, 1.807) is 0 Å². The molecule has 90 valence electrons. The molecule has 2 aromatic carbocycles. The summed E-state index contributed by atoms with van der Waals surface area (Å²) in [5.74, 6) is 0.354. The summed E-state index contributed by atoms with van der Waals surface area (Å²) in [6.45, 7) is 7.83. The largest absolute Gasteiger partial charge is 0.102 e. The molecule has 0 saturated heterocycles. The molecular formula is C18H18. The summed E-state index contributed by atoms with van der Waals surface area (Å²) >= 11 is 0. The van der Waals surface area contributed by atoms with Crippen LogP contribution in [0, 0.1) is 0 Å². The Balaban J connectivity index is 2.26. The molecule has 0 fully saturated rings. The van der Waals surface area contributed by atoms with Crippen LogP contribution >= 0.6 is 0 Å². The van der Waals surface area contributed by atoms with E-state index in [9.17, 15) is 0 Å². The topological polar surface area (TPSA) is 0 Å². The van der Waals surface area contributed by atoms with Crippen molar-refractivity contribution in [3.05, 3.63) is 90.5 Å². The lowest BCUT2D eigenvalue weighted by Crippen LogP contribution is -2.01. The standard InChI is InChI=1S/C18H18/c1-3-15-10-8-9-13-18(15)14-16(4-2)17-11-6-5-7-12-17/h3-13,16H,1-2,14H2. The van der Waals surface area contributed by atoms with Gasteiger partial charge in [0.2, 0.25) is 0 Å². The maximum absolute atomic E-state index is 3.96. The van der Waals surface area contributed by atoms with Gasteiger partial charge < -0.3 is 0 Å². The molecule has 1 unspecified atom stereocenters. The fraction of sp³-hybridized carbons (Fsp3) is 0.111. The van der Waals surface area contributed by atoms with Crippen LogP contribution in [0.3, 0.4) is 0 Å². The zero-order chi connectivity index (χ0) is 12.8. The van der Waals surface area contributed by atoms with Crippen LogP contribution in [0.15, 0.2) is 73.8 Å². The molecule has 0 heteroatoms. The number of allylic oxidation sites excluding steroid dienone is 1. The van der Waals surface area contributed by atoms with Gasteiger partial charge in [0.1, 0.15) is 0 Å². The van der Waals surface area contributed by atoms with Crippen molar-refractivity contribution in [1.82, 2.24) is 0 Å². The lowest BCUT2D eigenvalue weighted by Gasteiger charge is -2.14. The van der Waals surface area contributed by atoms with Gasteiger partial charge in [0.25, 0.3) is 0 Å². The molecule has 0 amide bonds. The third-order valence-electron chi connectivity index (χ3n) is 3.23. The van der Waals surface area contributed by atoms with Crippen LogP contribution in [0.5, 0.6) is 0 Å². The van der Waals surface area contributed by atoms with E-state index in [4.69, 9.17) is 0 Å². The first kappa shape index (κ1) is 12.4. The third kappa shape index (κ3) is 2.78. The van der Waals surface area contributed by atoms with Gasteiger partial charge in [-0.1, -0.05) is 73.3 Å². The molecule has 0 radical (unpaired) electrons. The van der Waals surface area contributed by atoms with Gasteiger partial charge in [-0.25, -0.2) is 0 Å². The number of rotatable bonds is 5. The maximum atomic E-state index is 3.96. The summed E-state index contributed by atoms with van der Waals surface area (Å²) < 4.78 is 0. The Morgan fingerprint density at radius 3 is 2.22 bits per heavy atom. The van der Waals surface area contributed by atoms with Crippen LogP contribution < -0.4 is 0 Å². The molecule has 0 aromatic heterocycles. The monoisotopic (exact) mass is 234 g/mol. The quantitative estimate of drug-likeness (QED) is 0.649. The highest BCUT2D eigenvalue weighted by atomic mass is 14.1. The van der Waals surface area contributed by atoms with Gasteiger partial charge in [0, 0.05) is 5.92 Å². The second-order valence-electron chi connectivity index (χ2n) is 4.36. The third-order valence-corrected chi connectivity index (χ3v) is 3.23. The van der Waals surface area contributed by atoms with E-state index in [0.29, 0.717) is 5.92 Å². The summed E-state index contributed by atoms with van der Waals surface area (Å²) in [5, 5.41) is 0. The zero-order valence-corrected chi connectivity index (χ0v) is 10.5. The first-order valence-electron chi connectivity index (χ1n) is 6.23. The molecule has 0 bridgehead atoms. The van der Waals surface area contributed by atoms with E-state index in [1.807, 2.05) is 24.3 Å². The second-order valence-corrected chi connectivity index (χ2v) is 4.36. The highest BCUT2D eigenvalue weighted by Gasteiger charge is 2.09. The fourth-order valence-electron chi connectivity index (χ4n) is 2.19. The molecule has 0 aliphatic heterocycles. The Bertz CT molecular complexity index is 523. The van der Waals surface area contributed by atoms with Crippen molar-refractivity contribution in [2.45, 2.75) is 12.3 Å². The Morgan fingerprint density at radius 1 is 0.889 bits per heavy atom. The van der Waals surface area contributed by atoms with Gasteiger partial charge >= 0.3 is 0 Å². The number of hydrogen-bond acceptors (Lipinski definition) is 0. The molecule has 1 atom stereocenters. The molecule has 0 spiro atoms. The minimum atomic E-state index is 0.354. The van der Waals surface area contributed by atoms with Gasteiger partial charge in [-0.2, -0.15) is 0 Å². The number of hydrogen-bond donors (Lipinski definition) is 0. The normalized spacial score (nSPS) is 11.8. The van der Waals surface area contributed by atoms with Crippen molar-refractivity contribution in [1.29, 1.82) is 0 Å². The smallest absolute Gasteiger partial charge is 0.00559 e. The summed E-state index contributed by atoms with van der Waals surface area (Å²) in [5.41, 5.74) is 3.84. The van der Waals surface area contributed by atoms with E-state index < -0.39 is 0 Å².